The molecule has 1 saturated heterocycles. The van der Waals surface area contributed by atoms with E-state index < -0.39 is 0 Å². The number of aromatic nitrogens is 2. The number of anilines is 2. The van der Waals surface area contributed by atoms with Gasteiger partial charge in [-0.1, -0.05) is 13.3 Å². The number of rotatable bonds is 6. The van der Waals surface area contributed by atoms with Crippen LogP contribution in [-0.2, 0) is 6.42 Å². The molecule has 5 nitrogen and oxygen atoms in total. The first-order valence-corrected chi connectivity index (χ1v) is 8.18. The molecule has 1 aromatic rings. The molecule has 0 saturated carbocycles. The lowest BCUT2D eigenvalue weighted by molar-refractivity contribution is 0.223. The summed E-state index contributed by atoms with van der Waals surface area (Å²) in [4.78, 5) is 11.7. The van der Waals surface area contributed by atoms with Crippen molar-refractivity contribution in [2.24, 2.45) is 0 Å². The molecule has 118 valence electrons. The maximum Gasteiger partial charge on any atom is 0.135 e. The number of aryl methyl sites for hydroxylation is 1. The molecule has 0 bridgehead atoms. The fourth-order valence-electron chi connectivity index (χ4n) is 2.91. The van der Waals surface area contributed by atoms with Crippen molar-refractivity contribution in [1.29, 1.82) is 0 Å². The molecular weight excluding hydrogens is 262 g/mol. The number of hydrogen-bond acceptors (Lipinski definition) is 5. The van der Waals surface area contributed by atoms with Crippen LogP contribution in [-0.4, -0.2) is 47.6 Å². The molecule has 0 amide bonds. The Morgan fingerprint density at radius 3 is 2.43 bits per heavy atom. The molecule has 2 rings (SSSR count). The second-order valence-corrected chi connectivity index (χ2v) is 5.97. The first-order valence-electron chi connectivity index (χ1n) is 8.18. The van der Waals surface area contributed by atoms with Gasteiger partial charge in [0.25, 0.3) is 0 Å². The minimum Gasteiger partial charge on any atom is -0.373 e. The van der Waals surface area contributed by atoms with Gasteiger partial charge in [-0.3, -0.25) is 0 Å². The Morgan fingerprint density at radius 1 is 1.14 bits per heavy atom. The van der Waals surface area contributed by atoms with Gasteiger partial charge in [0.1, 0.15) is 17.5 Å². The van der Waals surface area contributed by atoms with Crippen LogP contribution in [0.5, 0.6) is 0 Å². The van der Waals surface area contributed by atoms with Gasteiger partial charge in [0.15, 0.2) is 0 Å². The lowest BCUT2D eigenvalue weighted by Gasteiger charge is -2.29. The Kier molecular flexibility index (Phi) is 5.79. The summed E-state index contributed by atoms with van der Waals surface area (Å²) in [5.74, 6) is 2.78. The minimum atomic E-state index is 0.395. The van der Waals surface area contributed by atoms with Crippen LogP contribution >= 0.6 is 0 Å². The first-order chi connectivity index (χ1) is 10.1. The molecule has 1 atom stereocenters. The van der Waals surface area contributed by atoms with E-state index in [1.165, 1.54) is 32.4 Å². The largest absolute Gasteiger partial charge is 0.373 e. The van der Waals surface area contributed by atoms with E-state index in [0.717, 1.165) is 36.0 Å². The van der Waals surface area contributed by atoms with Crippen LogP contribution in [0.25, 0.3) is 0 Å². The third kappa shape index (κ3) is 4.30. The van der Waals surface area contributed by atoms with Gasteiger partial charge in [0.05, 0.1) is 0 Å². The smallest absolute Gasteiger partial charge is 0.135 e. The normalized spacial score (nSPS) is 17.5. The highest BCUT2D eigenvalue weighted by atomic mass is 15.2. The van der Waals surface area contributed by atoms with E-state index in [1.807, 2.05) is 7.05 Å². The highest BCUT2D eigenvalue weighted by Gasteiger charge is 2.16. The lowest BCUT2D eigenvalue weighted by Crippen LogP contribution is -2.38. The average molecular weight is 291 g/mol. The van der Waals surface area contributed by atoms with E-state index >= 15 is 0 Å². The molecule has 0 radical (unpaired) electrons. The van der Waals surface area contributed by atoms with Crippen LogP contribution in [0.2, 0.25) is 0 Å². The third-order valence-corrected chi connectivity index (χ3v) is 4.11. The molecular formula is C16H29N5. The second-order valence-electron chi connectivity index (χ2n) is 5.97. The van der Waals surface area contributed by atoms with E-state index in [-0.39, 0.29) is 0 Å². The van der Waals surface area contributed by atoms with Gasteiger partial charge in [-0.25, -0.2) is 9.97 Å². The van der Waals surface area contributed by atoms with Crippen LogP contribution in [0.3, 0.4) is 0 Å². The number of nitrogens with one attached hydrogen (secondary N) is 2. The maximum atomic E-state index is 4.65. The summed E-state index contributed by atoms with van der Waals surface area (Å²) in [6.07, 6.45) is 4.91. The van der Waals surface area contributed by atoms with E-state index in [2.05, 4.69) is 46.3 Å². The van der Waals surface area contributed by atoms with Crippen LogP contribution in [0, 0.1) is 6.92 Å². The molecule has 21 heavy (non-hydrogen) atoms. The Bertz CT molecular complexity index is 454. The van der Waals surface area contributed by atoms with E-state index in [4.69, 9.17) is 0 Å². The van der Waals surface area contributed by atoms with Crippen LogP contribution in [0.15, 0.2) is 0 Å². The summed E-state index contributed by atoms with van der Waals surface area (Å²) >= 11 is 0. The average Bonchev–Trinajstić information content (AvgIpc) is 2.50. The summed E-state index contributed by atoms with van der Waals surface area (Å²) in [6.45, 7) is 9.94. The topological polar surface area (TPSA) is 53.1 Å². The second kappa shape index (κ2) is 7.59. The van der Waals surface area contributed by atoms with Gasteiger partial charge in [-0.05, 0) is 39.8 Å². The summed E-state index contributed by atoms with van der Waals surface area (Å²) in [7, 11) is 1.91. The SMILES string of the molecule is CCc1nc(NC)c(C)c(NC(C)CN2CCCCC2)n1. The van der Waals surface area contributed by atoms with Crippen molar-refractivity contribution in [3.63, 3.8) is 0 Å². The highest BCUT2D eigenvalue weighted by molar-refractivity contribution is 5.57. The molecule has 1 fully saturated rings. The first kappa shape index (κ1) is 16.0. The van der Waals surface area contributed by atoms with Crippen molar-refractivity contribution in [3.8, 4) is 0 Å². The van der Waals surface area contributed by atoms with Crippen molar-refractivity contribution in [2.75, 3.05) is 37.3 Å². The summed E-state index contributed by atoms with van der Waals surface area (Å²) in [5, 5.41) is 6.74. The van der Waals surface area contributed by atoms with Crippen molar-refractivity contribution >= 4 is 11.6 Å². The monoisotopic (exact) mass is 291 g/mol. The van der Waals surface area contributed by atoms with E-state index in [0.29, 0.717) is 6.04 Å². The summed E-state index contributed by atoms with van der Waals surface area (Å²) < 4.78 is 0. The molecule has 2 heterocycles. The maximum absolute atomic E-state index is 4.65. The Labute approximate surface area is 128 Å². The molecule has 0 spiro atoms. The van der Waals surface area contributed by atoms with Gasteiger partial charge in [0.2, 0.25) is 0 Å². The zero-order chi connectivity index (χ0) is 15.2. The Hall–Kier alpha value is -1.36. The van der Waals surface area contributed by atoms with Gasteiger partial charge < -0.3 is 15.5 Å². The molecule has 1 unspecified atom stereocenters. The van der Waals surface area contributed by atoms with Crippen molar-refractivity contribution in [3.05, 3.63) is 11.4 Å². The number of nitrogens with zero attached hydrogens (tertiary/aromatic N) is 3. The zero-order valence-electron chi connectivity index (χ0n) is 13.9. The van der Waals surface area contributed by atoms with Gasteiger partial charge >= 0.3 is 0 Å². The molecule has 2 N–H and O–H groups in total. The molecule has 0 aromatic carbocycles. The van der Waals surface area contributed by atoms with Gasteiger partial charge in [-0.15, -0.1) is 0 Å². The molecule has 5 heteroatoms. The molecule has 1 aliphatic heterocycles. The summed E-state index contributed by atoms with van der Waals surface area (Å²) in [6, 6.07) is 0.395. The van der Waals surface area contributed by atoms with Gasteiger partial charge in [-0.2, -0.15) is 0 Å². The summed E-state index contributed by atoms with van der Waals surface area (Å²) in [5.41, 5.74) is 1.10. The lowest BCUT2D eigenvalue weighted by atomic mass is 10.1. The zero-order valence-corrected chi connectivity index (χ0v) is 13.9. The standard InChI is InChI=1S/C16H29N5/c1-5-14-19-15(17-4)13(3)16(20-14)18-12(2)11-21-9-7-6-8-10-21/h12H,5-11H2,1-4H3,(H2,17,18,19,20). The molecule has 1 aliphatic rings. The third-order valence-electron chi connectivity index (χ3n) is 4.11. The Balaban J connectivity index is 2.03. The van der Waals surface area contributed by atoms with Crippen molar-refractivity contribution in [1.82, 2.24) is 14.9 Å². The predicted molar refractivity (Wildman–Crippen MR) is 89.1 cm³/mol. The molecule has 0 aliphatic carbocycles. The van der Waals surface area contributed by atoms with Gasteiger partial charge in [0, 0.05) is 31.6 Å². The highest BCUT2D eigenvalue weighted by Crippen LogP contribution is 2.21. The van der Waals surface area contributed by atoms with E-state index in [1.54, 1.807) is 0 Å². The fourth-order valence-corrected chi connectivity index (χ4v) is 2.91. The number of piperidine rings is 1. The fraction of sp³-hybridized carbons (Fsp3) is 0.750. The van der Waals surface area contributed by atoms with Crippen molar-refractivity contribution in [2.45, 2.75) is 52.5 Å². The Morgan fingerprint density at radius 2 is 1.81 bits per heavy atom. The van der Waals surface area contributed by atoms with E-state index in [9.17, 15) is 0 Å². The van der Waals surface area contributed by atoms with Crippen molar-refractivity contribution < 1.29 is 0 Å². The quantitative estimate of drug-likeness (QED) is 0.844. The predicted octanol–water partition coefficient (Wildman–Crippen LogP) is 2.68. The minimum absolute atomic E-state index is 0.395. The van der Waals surface area contributed by atoms with Crippen LogP contribution < -0.4 is 10.6 Å². The van der Waals surface area contributed by atoms with Crippen LogP contribution in [0.1, 0.15) is 44.5 Å². The number of likely N-dealkylation sites (tertiary alicyclic amines) is 1. The molecule has 1 aromatic heterocycles. The number of hydrogen-bond donors (Lipinski definition) is 2. The van der Waals surface area contributed by atoms with Crippen LogP contribution in [0.4, 0.5) is 11.6 Å².